The van der Waals surface area contributed by atoms with Crippen LogP contribution in [0.25, 0.3) is 22.7 Å². The molecule has 4 aromatic heterocycles. The molecule has 8 nitrogen and oxygen atoms in total. The van der Waals surface area contributed by atoms with Gasteiger partial charge in [-0.25, -0.2) is 0 Å². The molecule has 0 aromatic carbocycles. The number of pyridine rings is 1. The number of nitrogens with one attached hydrogen (secondary N) is 1. The summed E-state index contributed by atoms with van der Waals surface area (Å²) >= 11 is 0. The Kier molecular flexibility index (Phi) is 5.71. The molecular weight excluding hydrogens is 428 g/mol. The smallest absolute Gasteiger partial charge is 0.291 e. The fourth-order valence-electron chi connectivity index (χ4n) is 4.38. The van der Waals surface area contributed by atoms with Gasteiger partial charge in [-0.15, -0.1) is 0 Å². The Hall–Kier alpha value is -3.68. The molecule has 178 valence electrons. The van der Waals surface area contributed by atoms with Crippen LogP contribution in [-0.4, -0.2) is 30.5 Å². The summed E-state index contributed by atoms with van der Waals surface area (Å²) in [6.45, 7) is 16.0. The third-order valence-corrected chi connectivity index (χ3v) is 6.99. The van der Waals surface area contributed by atoms with E-state index in [0.717, 1.165) is 50.6 Å². The van der Waals surface area contributed by atoms with Crippen molar-refractivity contribution < 1.29 is 9.21 Å². The lowest BCUT2D eigenvalue weighted by Gasteiger charge is -2.13. The van der Waals surface area contributed by atoms with Crippen LogP contribution < -0.4 is 5.32 Å². The molecule has 0 aliphatic heterocycles. The zero-order valence-electron chi connectivity index (χ0n) is 21.6. The van der Waals surface area contributed by atoms with Gasteiger partial charge in [-0.2, -0.15) is 10.2 Å². The molecule has 4 rings (SSSR count). The van der Waals surface area contributed by atoms with E-state index in [0.29, 0.717) is 17.1 Å². The van der Waals surface area contributed by atoms with Gasteiger partial charge >= 0.3 is 0 Å². The van der Waals surface area contributed by atoms with Gasteiger partial charge in [-0.05, 0) is 77.6 Å². The van der Waals surface area contributed by atoms with Crippen LogP contribution in [-0.2, 0) is 14.1 Å². The van der Waals surface area contributed by atoms with E-state index in [-0.39, 0.29) is 11.7 Å². The van der Waals surface area contributed by atoms with E-state index in [4.69, 9.17) is 9.40 Å². The minimum Gasteiger partial charge on any atom is -0.450 e. The first-order valence-electron chi connectivity index (χ1n) is 11.3. The maximum atomic E-state index is 13.4. The highest BCUT2D eigenvalue weighted by Gasteiger charge is 2.26. The first-order chi connectivity index (χ1) is 15.9. The van der Waals surface area contributed by atoms with Crippen molar-refractivity contribution in [3.63, 3.8) is 0 Å². The third kappa shape index (κ3) is 3.63. The number of aryl methyl sites for hydroxylation is 4. The fourth-order valence-corrected chi connectivity index (χ4v) is 4.38. The van der Waals surface area contributed by atoms with Gasteiger partial charge in [0.2, 0.25) is 0 Å². The van der Waals surface area contributed by atoms with Crippen LogP contribution in [0.5, 0.6) is 0 Å². The molecular formula is C26H32N6O2. The van der Waals surface area contributed by atoms with Crippen LogP contribution in [0, 0.1) is 55.4 Å². The third-order valence-electron chi connectivity index (χ3n) is 6.99. The normalized spacial score (nSPS) is 11.4. The number of carbonyl (C=O) groups is 1. The van der Waals surface area contributed by atoms with Gasteiger partial charge in [0.25, 0.3) is 5.91 Å². The molecule has 0 radical (unpaired) electrons. The fraction of sp³-hybridized carbons (Fsp3) is 0.385. The summed E-state index contributed by atoms with van der Waals surface area (Å²) in [5.74, 6) is 0.642. The molecule has 1 amide bonds. The molecule has 34 heavy (non-hydrogen) atoms. The molecule has 0 fully saturated rings. The number of carbonyl (C=O) groups excluding carboxylic acids is 1. The van der Waals surface area contributed by atoms with Crippen LogP contribution in [0.3, 0.4) is 0 Å². The maximum Gasteiger partial charge on any atom is 0.291 e. The summed E-state index contributed by atoms with van der Waals surface area (Å²) in [6.07, 6.45) is 1.79. The molecule has 0 saturated heterocycles. The summed E-state index contributed by atoms with van der Waals surface area (Å²) in [5.41, 5.74) is 10.8. The lowest BCUT2D eigenvalue weighted by atomic mass is 10.00. The number of furan rings is 1. The van der Waals surface area contributed by atoms with E-state index in [1.807, 2.05) is 60.3 Å². The standard InChI is InChI=1S/C26H32N6O2/c1-12-13(2)17(6)27-22(14(12)3)23-20(11-31(9)30-23)28-26(33)25-16(5)15(4)24(34-25)21-18(7)29-32(10)19(21)8/h11H,1-10H3,(H,28,33). The second-order valence-electron chi connectivity index (χ2n) is 9.12. The predicted molar refractivity (Wildman–Crippen MR) is 133 cm³/mol. The Morgan fingerprint density at radius 2 is 1.50 bits per heavy atom. The number of rotatable bonds is 4. The Bertz CT molecular complexity index is 1450. The van der Waals surface area contributed by atoms with Crippen molar-refractivity contribution >= 4 is 11.6 Å². The molecule has 0 aliphatic carbocycles. The Morgan fingerprint density at radius 1 is 0.824 bits per heavy atom. The van der Waals surface area contributed by atoms with Gasteiger partial charge in [0.1, 0.15) is 11.5 Å². The van der Waals surface area contributed by atoms with Gasteiger partial charge in [0.05, 0.1) is 22.6 Å². The summed E-state index contributed by atoms with van der Waals surface area (Å²) < 4.78 is 9.67. The molecule has 4 aromatic rings. The highest BCUT2D eigenvalue weighted by Crippen LogP contribution is 2.36. The number of amides is 1. The molecule has 0 aliphatic rings. The topological polar surface area (TPSA) is 90.8 Å². The van der Waals surface area contributed by atoms with Gasteiger partial charge in [-0.3, -0.25) is 19.1 Å². The molecule has 0 atom stereocenters. The Balaban J connectivity index is 1.75. The van der Waals surface area contributed by atoms with Crippen LogP contribution in [0.15, 0.2) is 10.6 Å². The van der Waals surface area contributed by atoms with Crippen molar-refractivity contribution in [2.45, 2.75) is 55.4 Å². The second-order valence-corrected chi connectivity index (χ2v) is 9.12. The largest absolute Gasteiger partial charge is 0.450 e. The van der Waals surface area contributed by atoms with Crippen LogP contribution in [0.1, 0.15) is 55.5 Å². The quantitative estimate of drug-likeness (QED) is 0.452. The predicted octanol–water partition coefficient (Wildman–Crippen LogP) is 5.20. The summed E-state index contributed by atoms with van der Waals surface area (Å²) in [4.78, 5) is 18.2. The van der Waals surface area contributed by atoms with Crippen molar-refractivity contribution in [3.05, 3.63) is 56.9 Å². The molecule has 8 heteroatoms. The highest BCUT2D eigenvalue weighted by atomic mass is 16.4. The van der Waals surface area contributed by atoms with E-state index in [9.17, 15) is 4.79 Å². The van der Waals surface area contributed by atoms with Gasteiger partial charge in [0.15, 0.2) is 5.76 Å². The molecule has 0 saturated carbocycles. The number of hydrogen-bond acceptors (Lipinski definition) is 5. The maximum absolute atomic E-state index is 13.4. The zero-order chi connectivity index (χ0) is 25.1. The molecule has 4 heterocycles. The second kappa shape index (κ2) is 8.27. The average molecular weight is 461 g/mol. The van der Waals surface area contributed by atoms with Crippen LogP contribution in [0.2, 0.25) is 0 Å². The highest BCUT2D eigenvalue weighted by molar-refractivity contribution is 6.05. The van der Waals surface area contributed by atoms with Crippen molar-refractivity contribution in [1.29, 1.82) is 0 Å². The van der Waals surface area contributed by atoms with E-state index in [2.05, 4.69) is 29.4 Å². The summed E-state index contributed by atoms with van der Waals surface area (Å²) in [7, 11) is 3.73. The van der Waals surface area contributed by atoms with Crippen molar-refractivity contribution in [2.24, 2.45) is 14.1 Å². The minimum absolute atomic E-state index is 0.283. The first kappa shape index (κ1) is 23.5. The summed E-state index contributed by atoms with van der Waals surface area (Å²) in [6, 6.07) is 0. The van der Waals surface area contributed by atoms with Crippen LogP contribution >= 0.6 is 0 Å². The molecule has 0 spiro atoms. The van der Waals surface area contributed by atoms with Crippen LogP contribution in [0.4, 0.5) is 5.69 Å². The zero-order valence-corrected chi connectivity index (χ0v) is 21.6. The lowest BCUT2D eigenvalue weighted by molar-refractivity contribution is 0.0996. The monoisotopic (exact) mass is 460 g/mol. The van der Waals surface area contributed by atoms with Crippen molar-refractivity contribution in [1.82, 2.24) is 24.5 Å². The Labute approximate surface area is 200 Å². The van der Waals surface area contributed by atoms with Gasteiger partial charge in [0, 0.05) is 37.2 Å². The van der Waals surface area contributed by atoms with Crippen molar-refractivity contribution in [3.8, 4) is 22.7 Å². The lowest BCUT2D eigenvalue weighted by Crippen LogP contribution is -2.13. The molecule has 1 N–H and O–H groups in total. The van der Waals surface area contributed by atoms with Crippen molar-refractivity contribution in [2.75, 3.05) is 5.32 Å². The average Bonchev–Trinajstić information content (AvgIpc) is 3.37. The number of nitrogens with zero attached hydrogens (tertiary/aromatic N) is 5. The van der Waals surface area contributed by atoms with E-state index in [1.54, 1.807) is 10.9 Å². The van der Waals surface area contributed by atoms with Gasteiger partial charge in [-0.1, -0.05) is 0 Å². The number of anilines is 1. The van der Waals surface area contributed by atoms with E-state index < -0.39 is 0 Å². The molecule has 0 unspecified atom stereocenters. The number of hydrogen-bond donors (Lipinski definition) is 1. The molecule has 0 bridgehead atoms. The van der Waals surface area contributed by atoms with E-state index in [1.165, 1.54) is 5.56 Å². The van der Waals surface area contributed by atoms with E-state index >= 15 is 0 Å². The number of aromatic nitrogens is 5. The summed E-state index contributed by atoms with van der Waals surface area (Å²) in [5, 5.41) is 12.1. The van der Waals surface area contributed by atoms with Gasteiger partial charge < -0.3 is 9.73 Å². The first-order valence-corrected chi connectivity index (χ1v) is 11.3. The SMILES string of the molecule is Cc1nc(-c2nn(C)cc2NC(=O)c2oc(-c3c(C)nn(C)c3C)c(C)c2C)c(C)c(C)c1C. The minimum atomic E-state index is -0.321. The Morgan fingerprint density at radius 3 is 2.12 bits per heavy atom.